The van der Waals surface area contributed by atoms with E-state index < -0.39 is 0 Å². The lowest BCUT2D eigenvalue weighted by Gasteiger charge is -2.27. The van der Waals surface area contributed by atoms with Gasteiger partial charge in [-0.1, -0.05) is 30.3 Å². The van der Waals surface area contributed by atoms with Crippen LogP contribution in [-0.2, 0) is 11.3 Å². The molecule has 3 heteroatoms. The largest absolute Gasteiger partial charge is 0.351 e. The van der Waals surface area contributed by atoms with Gasteiger partial charge >= 0.3 is 0 Å². The molecule has 0 saturated carbocycles. The lowest BCUT2D eigenvalue weighted by molar-refractivity contribution is -0.124. The van der Waals surface area contributed by atoms with E-state index in [1.807, 2.05) is 30.3 Å². The molecule has 17 heavy (non-hydrogen) atoms. The fourth-order valence-corrected chi connectivity index (χ4v) is 2.25. The van der Waals surface area contributed by atoms with Gasteiger partial charge in [-0.05, 0) is 31.7 Å². The van der Waals surface area contributed by atoms with Gasteiger partial charge in [-0.2, -0.15) is 0 Å². The molecule has 2 unspecified atom stereocenters. The van der Waals surface area contributed by atoms with Crippen molar-refractivity contribution in [1.82, 2.24) is 10.6 Å². The molecule has 1 aromatic rings. The van der Waals surface area contributed by atoms with Crippen molar-refractivity contribution in [2.24, 2.45) is 0 Å². The number of benzene rings is 1. The van der Waals surface area contributed by atoms with Crippen LogP contribution < -0.4 is 10.6 Å². The molecule has 1 heterocycles. The Morgan fingerprint density at radius 1 is 1.35 bits per heavy atom. The van der Waals surface area contributed by atoms with Crippen molar-refractivity contribution in [3.8, 4) is 0 Å². The first-order valence-electron chi connectivity index (χ1n) is 6.33. The average Bonchev–Trinajstić information content (AvgIpc) is 2.37. The summed E-state index contributed by atoms with van der Waals surface area (Å²) in [6, 6.07) is 10.5. The van der Waals surface area contributed by atoms with Crippen LogP contribution in [-0.4, -0.2) is 18.0 Å². The van der Waals surface area contributed by atoms with E-state index in [-0.39, 0.29) is 11.9 Å². The van der Waals surface area contributed by atoms with E-state index in [2.05, 4.69) is 17.6 Å². The number of carbonyl (C=O) groups excluding carboxylic acids is 1. The van der Waals surface area contributed by atoms with Crippen molar-refractivity contribution < 1.29 is 4.79 Å². The Morgan fingerprint density at radius 3 is 2.82 bits per heavy atom. The van der Waals surface area contributed by atoms with Crippen molar-refractivity contribution in [1.29, 1.82) is 0 Å². The molecule has 1 fully saturated rings. The zero-order chi connectivity index (χ0) is 12.1. The Morgan fingerprint density at radius 2 is 2.12 bits per heavy atom. The normalized spacial score (nSPS) is 24.3. The number of rotatable bonds is 3. The minimum Gasteiger partial charge on any atom is -0.351 e. The lowest BCUT2D eigenvalue weighted by atomic mass is 9.99. The van der Waals surface area contributed by atoms with Crippen molar-refractivity contribution in [3.63, 3.8) is 0 Å². The summed E-state index contributed by atoms with van der Waals surface area (Å²) in [5.74, 6) is 0.125. The smallest absolute Gasteiger partial charge is 0.237 e. The first-order valence-corrected chi connectivity index (χ1v) is 6.33. The Labute approximate surface area is 103 Å². The molecule has 2 atom stereocenters. The second-order valence-corrected chi connectivity index (χ2v) is 4.75. The molecule has 92 valence electrons. The first-order chi connectivity index (χ1) is 8.25. The molecule has 1 amide bonds. The summed E-state index contributed by atoms with van der Waals surface area (Å²) in [6.45, 7) is 2.75. The van der Waals surface area contributed by atoms with Crippen LogP contribution in [0.2, 0.25) is 0 Å². The van der Waals surface area contributed by atoms with E-state index in [1.165, 1.54) is 6.42 Å². The average molecular weight is 232 g/mol. The van der Waals surface area contributed by atoms with Crippen molar-refractivity contribution in [2.45, 2.75) is 44.8 Å². The third kappa shape index (κ3) is 3.56. The zero-order valence-electron chi connectivity index (χ0n) is 10.3. The Balaban J connectivity index is 1.81. The molecule has 0 aliphatic carbocycles. The Kier molecular flexibility index (Phi) is 4.15. The van der Waals surface area contributed by atoms with E-state index in [9.17, 15) is 4.79 Å². The fourth-order valence-electron chi connectivity index (χ4n) is 2.25. The van der Waals surface area contributed by atoms with Gasteiger partial charge in [-0.15, -0.1) is 0 Å². The van der Waals surface area contributed by atoms with Crippen molar-refractivity contribution in [2.75, 3.05) is 0 Å². The summed E-state index contributed by atoms with van der Waals surface area (Å²) >= 11 is 0. The molecular weight excluding hydrogens is 212 g/mol. The third-order valence-electron chi connectivity index (χ3n) is 3.24. The minimum absolute atomic E-state index is 0.0116. The molecule has 1 aromatic carbocycles. The van der Waals surface area contributed by atoms with Gasteiger partial charge in [0, 0.05) is 12.6 Å². The predicted octanol–water partition coefficient (Wildman–Crippen LogP) is 1.83. The summed E-state index contributed by atoms with van der Waals surface area (Å²) in [4.78, 5) is 11.9. The van der Waals surface area contributed by atoms with Crippen LogP contribution in [0.25, 0.3) is 0 Å². The summed E-state index contributed by atoms with van der Waals surface area (Å²) in [5.41, 5.74) is 1.14. The number of piperidine rings is 1. The minimum atomic E-state index is -0.0116. The van der Waals surface area contributed by atoms with Gasteiger partial charge in [0.05, 0.1) is 6.04 Å². The van der Waals surface area contributed by atoms with Crippen LogP contribution in [0.15, 0.2) is 30.3 Å². The van der Waals surface area contributed by atoms with Crippen LogP contribution in [0.5, 0.6) is 0 Å². The van der Waals surface area contributed by atoms with Gasteiger partial charge in [0.2, 0.25) is 5.91 Å². The highest BCUT2D eigenvalue weighted by Crippen LogP contribution is 2.12. The highest BCUT2D eigenvalue weighted by molar-refractivity contribution is 5.81. The number of carbonyl (C=O) groups is 1. The van der Waals surface area contributed by atoms with Crippen LogP contribution >= 0.6 is 0 Å². The van der Waals surface area contributed by atoms with E-state index in [1.54, 1.807) is 0 Å². The van der Waals surface area contributed by atoms with Gasteiger partial charge in [0.25, 0.3) is 0 Å². The zero-order valence-corrected chi connectivity index (χ0v) is 10.3. The summed E-state index contributed by atoms with van der Waals surface area (Å²) in [5, 5.41) is 6.33. The van der Waals surface area contributed by atoms with E-state index in [0.717, 1.165) is 18.4 Å². The van der Waals surface area contributed by atoms with Crippen LogP contribution in [0.3, 0.4) is 0 Å². The number of hydrogen-bond acceptors (Lipinski definition) is 2. The number of amides is 1. The highest BCUT2D eigenvalue weighted by Gasteiger charge is 2.23. The lowest BCUT2D eigenvalue weighted by Crippen LogP contribution is -2.49. The summed E-state index contributed by atoms with van der Waals surface area (Å²) in [6.07, 6.45) is 3.25. The SMILES string of the molecule is CC1CCCC(C(=O)NCc2ccccc2)N1. The molecule has 0 aromatic heterocycles. The maximum atomic E-state index is 11.9. The summed E-state index contributed by atoms with van der Waals surface area (Å²) < 4.78 is 0. The first kappa shape index (κ1) is 12.1. The van der Waals surface area contributed by atoms with Crippen LogP contribution in [0, 0.1) is 0 Å². The predicted molar refractivity (Wildman–Crippen MR) is 68.5 cm³/mol. The summed E-state index contributed by atoms with van der Waals surface area (Å²) in [7, 11) is 0. The number of hydrogen-bond donors (Lipinski definition) is 2. The maximum Gasteiger partial charge on any atom is 0.237 e. The van der Waals surface area contributed by atoms with Crippen LogP contribution in [0.1, 0.15) is 31.7 Å². The fraction of sp³-hybridized carbons (Fsp3) is 0.500. The van der Waals surface area contributed by atoms with Crippen LogP contribution in [0.4, 0.5) is 0 Å². The van der Waals surface area contributed by atoms with Crippen molar-refractivity contribution in [3.05, 3.63) is 35.9 Å². The Bertz CT molecular complexity index is 364. The Hall–Kier alpha value is -1.35. The molecule has 0 bridgehead atoms. The van der Waals surface area contributed by atoms with E-state index in [4.69, 9.17) is 0 Å². The standard InChI is InChI=1S/C14H20N2O/c1-11-6-5-9-13(16-11)14(17)15-10-12-7-3-2-4-8-12/h2-4,7-8,11,13,16H,5-6,9-10H2,1H3,(H,15,17). The molecule has 1 aliphatic rings. The number of nitrogens with one attached hydrogen (secondary N) is 2. The van der Waals surface area contributed by atoms with E-state index >= 15 is 0 Å². The molecule has 0 spiro atoms. The molecule has 3 nitrogen and oxygen atoms in total. The second-order valence-electron chi connectivity index (χ2n) is 4.75. The van der Waals surface area contributed by atoms with E-state index in [0.29, 0.717) is 12.6 Å². The second kappa shape index (κ2) is 5.82. The quantitative estimate of drug-likeness (QED) is 0.835. The molecule has 2 N–H and O–H groups in total. The maximum absolute atomic E-state index is 11.9. The molecular formula is C14H20N2O. The molecule has 0 radical (unpaired) electrons. The molecule has 2 rings (SSSR count). The van der Waals surface area contributed by atoms with Crippen molar-refractivity contribution >= 4 is 5.91 Å². The topological polar surface area (TPSA) is 41.1 Å². The van der Waals surface area contributed by atoms with Gasteiger partial charge in [-0.25, -0.2) is 0 Å². The third-order valence-corrected chi connectivity index (χ3v) is 3.24. The molecule has 1 aliphatic heterocycles. The highest BCUT2D eigenvalue weighted by atomic mass is 16.2. The van der Waals surface area contributed by atoms with Gasteiger partial charge in [-0.3, -0.25) is 4.79 Å². The monoisotopic (exact) mass is 232 g/mol. The van der Waals surface area contributed by atoms with Gasteiger partial charge in [0.1, 0.15) is 0 Å². The molecule has 1 saturated heterocycles. The van der Waals surface area contributed by atoms with Gasteiger partial charge in [0.15, 0.2) is 0 Å². The van der Waals surface area contributed by atoms with Gasteiger partial charge < -0.3 is 10.6 Å².